The van der Waals surface area contributed by atoms with Gasteiger partial charge in [0.25, 0.3) is 0 Å². The Morgan fingerprint density at radius 3 is 0.351 bits per heavy atom. The van der Waals surface area contributed by atoms with Gasteiger partial charge >= 0.3 is 0 Å². The molecule has 21 aliphatic heterocycles. The molecule has 0 aromatic carbocycles. The summed E-state index contributed by atoms with van der Waals surface area (Å²) in [6.07, 6.45) is -70.2. The third kappa shape index (κ3) is 12.1. The van der Waals surface area contributed by atoms with Crippen LogP contribution < -0.4 is 0 Å². The average Bonchev–Trinajstić information content (AvgIpc) is 3.47. The fourth-order valence-electron chi connectivity index (χ4n) is 10.4. The maximum atomic E-state index is 11.3. The van der Waals surface area contributed by atoms with Crippen molar-refractivity contribution in [1.29, 1.82) is 0 Å². The molecule has 0 radical (unpaired) electrons. The van der Waals surface area contributed by atoms with Crippen molar-refractivity contribution in [2.24, 2.45) is 0 Å². The molecule has 21 fully saturated rings. The summed E-state index contributed by atoms with van der Waals surface area (Å²) >= 11 is 0. The van der Waals surface area contributed by atoms with Crippen LogP contribution in [-0.2, 0) is 66.3 Å². The summed E-state index contributed by atoms with van der Waals surface area (Å²) in [6.45, 7) is -7.33. The highest BCUT2D eigenvalue weighted by Gasteiger charge is 2.59. The Balaban J connectivity index is 1.08. The van der Waals surface area contributed by atoms with Crippen LogP contribution in [0.15, 0.2) is 0 Å². The molecule has 0 aromatic heterocycles. The monoisotopic (exact) mass is 1130 g/mol. The lowest BCUT2D eigenvalue weighted by atomic mass is 9.95. The van der Waals surface area contributed by atoms with Crippen molar-refractivity contribution in [2.45, 2.75) is 215 Å². The van der Waals surface area contributed by atoms with Gasteiger partial charge in [0.1, 0.15) is 171 Å². The van der Waals surface area contributed by atoms with E-state index in [-0.39, 0.29) is 0 Å². The van der Waals surface area contributed by atoms with Gasteiger partial charge in [0.2, 0.25) is 0 Å². The summed E-state index contributed by atoms with van der Waals surface area (Å²) in [6, 6.07) is 0. The summed E-state index contributed by atoms with van der Waals surface area (Å²) in [5.74, 6) is 0. The smallest absolute Gasteiger partial charge is 0.187 e. The molecule has 21 heterocycles. The highest BCUT2D eigenvalue weighted by molar-refractivity contribution is 5.01. The van der Waals surface area contributed by atoms with Crippen molar-refractivity contribution < 1.29 is 174 Å². The van der Waals surface area contributed by atoms with Crippen molar-refractivity contribution in [3.8, 4) is 0 Å². The van der Waals surface area contributed by atoms with Crippen LogP contribution >= 0.6 is 0 Å². The number of aliphatic hydroxyl groups excluding tert-OH is 21. The van der Waals surface area contributed by atoms with Gasteiger partial charge in [-0.3, -0.25) is 0 Å². The third-order valence-corrected chi connectivity index (χ3v) is 14.8. The highest BCUT2D eigenvalue weighted by atomic mass is 16.8. The lowest BCUT2D eigenvalue weighted by Gasteiger charge is -2.50. The van der Waals surface area contributed by atoms with Crippen LogP contribution in [0, 0.1) is 0 Å². The molecule has 448 valence electrons. The first-order chi connectivity index (χ1) is 36.7. The lowest BCUT2D eigenvalue weighted by Crippen LogP contribution is -2.68. The molecule has 0 aliphatic carbocycles. The van der Waals surface area contributed by atoms with Crippen LogP contribution in [0.25, 0.3) is 0 Å². The molecule has 35 heteroatoms. The Labute approximate surface area is 434 Å². The van der Waals surface area contributed by atoms with Crippen LogP contribution in [0.5, 0.6) is 0 Å². The molecule has 0 amide bonds. The fraction of sp³-hybridized carbons (Fsp3) is 1.00. The minimum Gasteiger partial charge on any atom is -0.394 e. The first kappa shape index (κ1) is 61.7. The van der Waals surface area contributed by atoms with E-state index in [1.54, 1.807) is 0 Å². The second-order valence-electron chi connectivity index (χ2n) is 19.7. The summed E-state index contributed by atoms with van der Waals surface area (Å²) < 4.78 is 79.5. The molecule has 14 bridgehead atoms. The number of ether oxygens (including phenoxy) is 14. The van der Waals surface area contributed by atoms with Crippen LogP contribution in [0.3, 0.4) is 0 Å². The zero-order valence-electron chi connectivity index (χ0n) is 40.3. The van der Waals surface area contributed by atoms with Crippen LogP contribution in [0.4, 0.5) is 0 Å². The molecule has 21 N–H and O–H groups in total. The van der Waals surface area contributed by atoms with E-state index in [0.717, 1.165) is 0 Å². The fourth-order valence-corrected chi connectivity index (χ4v) is 10.4. The molecule has 35 nitrogen and oxygen atoms in total. The first-order valence-electron chi connectivity index (χ1n) is 24.6. The third-order valence-electron chi connectivity index (χ3n) is 14.8. The Morgan fingerprint density at radius 1 is 0.156 bits per heavy atom. The molecule has 21 rings (SSSR count). The maximum Gasteiger partial charge on any atom is 0.187 e. The van der Waals surface area contributed by atoms with Crippen molar-refractivity contribution in [2.75, 3.05) is 46.2 Å². The van der Waals surface area contributed by atoms with Gasteiger partial charge in [-0.15, -0.1) is 0 Å². The average molecular weight is 1130 g/mol. The molecule has 21 aliphatic rings. The van der Waals surface area contributed by atoms with Crippen molar-refractivity contribution in [1.82, 2.24) is 0 Å². The van der Waals surface area contributed by atoms with Crippen LogP contribution in [0.2, 0.25) is 0 Å². The summed E-state index contributed by atoms with van der Waals surface area (Å²) in [5, 5.41) is 230. The number of hydrogen-bond donors (Lipinski definition) is 21. The SMILES string of the molecule is OCC1O[C@@H]2O[C@@H]3C(CO)O[C@H](O[C@@H]4C(CO)O[C@@H](O[C@@H]5C(CO)O[C@@H](O[C@H]6C(CO)O[C@H](O[C@@H]7C(CO)O[C@H](O[C@@H]8C(CO)O[C@H](O[C@H]1C(O)C2O)C(O)C8O)C(O)C7O)C(O)C6O)C(O)C5O)C(O)C4O)C(O)C3O. The van der Waals surface area contributed by atoms with Gasteiger partial charge < -0.3 is 174 Å². The molecule has 21 unspecified atom stereocenters. The van der Waals surface area contributed by atoms with E-state index in [1.165, 1.54) is 0 Å². The van der Waals surface area contributed by atoms with E-state index in [4.69, 9.17) is 66.3 Å². The Hall–Kier alpha value is -1.40. The minimum absolute atomic E-state index is 1.05. The molecular formula is C42H70O35. The summed E-state index contributed by atoms with van der Waals surface area (Å²) in [5.41, 5.74) is 0. The summed E-state index contributed by atoms with van der Waals surface area (Å²) in [7, 11) is 0. The lowest BCUT2D eigenvalue weighted by molar-refractivity contribution is -0.396. The van der Waals surface area contributed by atoms with E-state index in [1.807, 2.05) is 0 Å². The molecule has 0 spiro atoms. The number of hydrogen-bond acceptors (Lipinski definition) is 35. The van der Waals surface area contributed by atoms with Gasteiger partial charge in [0.15, 0.2) is 44.0 Å². The predicted molar refractivity (Wildman–Crippen MR) is 228 cm³/mol. The molecular weight excluding hydrogens is 1060 g/mol. The van der Waals surface area contributed by atoms with E-state index < -0.39 is 261 Å². The van der Waals surface area contributed by atoms with Crippen LogP contribution in [0.1, 0.15) is 0 Å². The number of rotatable bonds is 7. The van der Waals surface area contributed by atoms with E-state index in [2.05, 4.69) is 0 Å². The molecule has 35 atom stereocenters. The van der Waals surface area contributed by atoms with Gasteiger partial charge in [-0.25, -0.2) is 0 Å². The van der Waals surface area contributed by atoms with Crippen molar-refractivity contribution in [3.05, 3.63) is 0 Å². The number of aliphatic hydroxyl groups is 21. The second kappa shape index (κ2) is 26.0. The molecule has 21 saturated heterocycles. The van der Waals surface area contributed by atoms with Gasteiger partial charge in [0.05, 0.1) is 46.2 Å². The summed E-state index contributed by atoms with van der Waals surface area (Å²) in [4.78, 5) is 0. The minimum atomic E-state index is -2.21. The largest absolute Gasteiger partial charge is 0.394 e. The van der Waals surface area contributed by atoms with Gasteiger partial charge in [-0.1, -0.05) is 0 Å². The Kier molecular flexibility index (Phi) is 20.8. The Morgan fingerprint density at radius 2 is 0.260 bits per heavy atom. The van der Waals surface area contributed by atoms with E-state index in [0.29, 0.717) is 0 Å². The second-order valence-corrected chi connectivity index (χ2v) is 19.7. The molecule has 77 heavy (non-hydrogen) atoms. The van der Waals surface area contributed by atoms with Crippen LogP contribution in [-0.4, -0.2) is 368 Å². The standard InChI is InChI=1S/C42H70O35/c43-1-8-29-15(50)22(57)36(64-8)72-30-9(2-44)66-38(24(59)17(30)52)74-32-11(4-46)68-40(26(61)19(32)54)76-34-13(6-48)70-42(28(63)21(34)56)77-35-14(7-49)69-41(27(62)20(35)55)75-33-12(5-47)67-39(25(60)18(33)53)73-31-10(3-45)65-37(71-29)23(58)16(31)51/h8-63H,1-7H2/t8?,9?,10?,11?,12?,13?,14?,15?,16?,17?,18?,19?,20?,21?,22?,23?,24?,25?,26?,27?,28?,29-,30-,31-,32-,33-,34-,35+,36-,37-,38-,39-,40+,41-,42+/m1/s1. The van der Waals surface area contributed by atoms with E-state index >= 15 is 0 Å². The Bertz CT molecular complexity index is 1470. The highest BCUT2D eigenvalue weighted by Crippen LogP contribution is 2.39. The van der Waals surface area contributed by atoms with Gasteiger partial charge in [-0.2, -0.15) is 0 Å². The zero-order chi connectivity index (χ0) is 56.1. The van der Waals surface area contributed by atoms with Crippen molar-refractivity contribution >= 4 is 0 Å². The molecule has 0 saturated carbocycles. The normalized spacial score (nSPS) is 55.4. The zero-order valence-corrected chi connectivity index (χ0v) is 40.3. The van der Waals surface area contributed by atoms with Gasteiger partial charge in [-0.05, 0) is 0 Å². The predicted octanol–water partition coefficient (Wildman–Crippen LogP) is -15.2. The van der Waals surface area contributed by atoms with Gasteiger partial charge in [0, 0.05) is 0 Å². The van der Waals surface area contributed by atoms with E-state index in [9.17, 15) is 107 Å². The quantitative estimate of drug-likeness (QED) is 0.113. The maximum absolute atomic E-state index is 11.3. The first-order valence-corrected chi connectivity index (χ1v) is 24.6. The topological polar surface area (TPSA) is 554 Å². The molecule has 0 aromatic rings. The van der Waals surface area contributed by atoms with Crippen molar-refractivity contribution in [3.63, 3.8) is 0 Å².